The van der Waals surface area contributed by atoms with Crippen LogP contribution in [-0.4, -0.2) is 23.7 Å². The Morgan fingerprint density at radius 3 is 2.62 bits per heavy atom. The number of anilines is 1. The van der Waals surface area contributed by atoms with Gasteiger partial charge in [-0.15, -0.1) is 0 Å². The molecule has 0 atom stereocenters. The Bertz CT molecular complexity index is 399. The van der Waals surface area contributed by atoms with Gasteiger partial charge in [0, 0.05) is 10.2 Å². The zero-order valence-corrected chi connectivity index (χ0v) is 9.86. The van der Waals surface area contributed by atoms with Gasteiger partial charge in [0.05, 0.1) is 12.0 Å². The third-order valence-corrected chi connectivity index (χ3v) is 2.16. The maximum atomic E-state index is 11.4. The summed E-state index contributed by atoms with van der Waals surface area (Å²) in [5.41, 5.74) is 6.26. The number of carbonyl (C=O) groups excluding carboxylic acids is 1. The number of carboxylic acids is 1. The Labute approximate surface area is 100 Å². The molecule has 0 aliphatic carbocycles. The quantitative estimate of drug-likeness (QED) is 0.649. The molecule has 0 saturated carbocycles. The maximum absolute atomic E-state index is 11.4. The van der Waals surface area contributed by atoms with Gasteiger partial charge in [0.25, 0.3) is 0 Å². The van der Waals surface area contributed by atoms with E-state index in [1.54, 1.807) is 12.1 Å². The normalized spacial score (nSPS) is 9.81. The van der Waals surface area contributed by atoms with Gasteiger partial charge < -0.3 is 15.6 Å². The van der Waals surface area contributed by atoms with Crippen LogP contribution >= 0.6 is 15.9 Å². The average molecular weight is 288 g/mol. The van der Waals surface area contributed by atoms with Crippen LogP contribution in [0, 0.1) is 0 Å². The van der Waals surface area contributed by atoms with E-state index in [-0.39, 0.29) is 18.6 Å². The van der Waals surface area contributed by atoms with Crippen molar-refractivity contribution in [3.05, 3.63) is 28.2 Å². The van der Waals surface area contributed by atoms with Crippen molar-refractivity contribution < 1.29 is 19.4 Å². The van der Waals surface area contributed by atoms with E-state index in [1.165, 1.54) is 6.07 Å². The fraction of sp³-hybridized carbons (Fsp3) is 0.200. The molecule has 1 aromatic rings. The predicted molar refractivity (Wildman–Crippen MR) is 61.1 cm³/mol. The lowest BCUT2D eigenvalue weighted by Crippen LogP contribution is -2.10. The van der Waals surface area contributed by atoms with Crippen molar-refractivity contribution in [3.63, 3.8) is 0 Å². The number of hydrogen-bond donors (Lipinski definition) is 2. The summed E-state index contributed by atoms with van der Waals surface area (Å²) in [6.45, 7) is -0.152. The lowest BCUT2D eigenvalue weighted by Gasteiger charge is -2.04. The SMILES string of the molecule is Nc1cc(Br)cc(C(=O)OCCC(=O)O)c1. The topological polar surface area (TPSA) is 89.6 Å². The smallest absolute Gasteiger partial charge is 0.338 e. The summed E-state index contributed by atoms with van der Waals surface area (Å²) >= 11 is 3.19. The molecule has 0 radical (unpaired) electrons. The zero-order valence-electron chi connectivity index (χ0n) is 8.27. The van der Waals surface area contributed by atoms with Crippen molar-refractivity contribution in [1.82, 2.24) is 0 Å². The minimum atomic E-state index is -1.01. The molecule has 0 aliphatic heterocycles. The number of nitrogen functional groups attached to an aromatic ring is 1. The zero-order chi connectivity index (χ0) is 12.1. The highest BCUT2D eigenvalue weighted by atomic mass is 79.9. The first kappa shape index (κ1) is 12.5. The number of nitrogens with two attached hydrogens (primary N) is 1. The van der Waals surface area contributed by atoms with Crippen LogP contribution in [0.25, 0.3) is 0 Å². The van der Waals surface area contributed by atoms with Crippen LogP contribution in [0.4, 0.5) is 5.69 Å². The molecule has 0 aliphatic rings. The van der Waals surface area contributed by atoms with Gasteiger partial charge in [-0.1, -0.05) is 15.9 Å². The van der Waals surface area contributed by atoms with Crippen molar-refractivity contribution in [2.75, 3.05) is 12.3 Å². The van der Waals surface area contributed by atoms with Gasteiger partial charge in [-0.25, -0.2) is 4.79 Å². The van der Waals surface area contributed by atoms with E-state index in [4.69, 9.17) is 15.6 Å². The van der Waals surface area contributed by atoms with Crippen molar-refractivity contribution >= 4 is 33.6 Å². The first-order valence-electron chi connectivity index (χ1n) is 4.44. The molecule has 1 rings (SSSR count). The van der Waals surface area contributed by atoms with Crippen molar-refractivity contribution in [3.8, 4) is 0 Å². The van der Waals surface area contributed by atoms with Gasteiger partial charge in [0.15, 0.2) is 0 Å². The van der Waals surface area contributed by atoms with Gasteiger partial charge in [0.1, 0.15) is 6.61 Å². The molecule has 0 heterocycles. The molecule has 0 aromatic heterocycles. The molecule has 0 unspecified atom stereocenters. The van der Waals surface area contributed by atoms with E-state index in [0.29, 0.717) is 10.2 Å². The summed E-state index contributed by atoms with van der Waals surface area (Å²) in [5.74, 6) is -1.60. The molecule has 0 fully saturated rings. The Morgan fingerprint density at radius 1 is 1.38 bits per heavy atom. The van der Waals surface area contributed by atoms with Crippen LogP contribution in [-0.2, 0) is 9.53 Å². The highest BCUT2D eigenvalue weighted by Crippen LogP contribution is 2.17. The minimum absolute atomic E-state index is 0.152. The second kappa shape index (κ2) is 5.50. The largest absolute Gasteiger partial charge is 0.481 e. The molecule has 5 nitrogen and oxygen atoms in total. The standard InChI is InChI=1S/C10H10BrNO4/c11-7-3-6(4-8(12)5-7)10(15)16-2-1-9(13)14/h3-5H,1-2,12H2,(H,13,14). The van der Waals surface area contributed by atoms with Crippen molar-refractivity contribution in [1.29, 1.82) is 0 Å². The Hall–Kier alpha value is -1.56. The number of aliphatic carboxylic acids is 1. The van der Waals surface area contributed by atoms with E-state index in [0.717, 1.165) is 0 Å². The summed E-state index contributed by atoms with van der Waals surface area (Å²) in [7, 11) is 0. The van der Waals surface area contributed by atoms with Gasteiger partial charge in [0.2, 0.25) is 0 Å². The molecule has 86 valence electrons. The summed E-state index contributed by atoms with van der Waals surface area (Å²) in [6.07, 6.45) is -0.213. The predicted octanol–water partition coefficient (Wildman–Crippen LogP) is 1.66. The highest BCUT2D eigenvalue weighted by molar-refractivity contribution is 9.10. The number of rotatable bonds is 4. The van der Waals surface area contributed by atoms with E-state index < -0.39 is 11.9 Å². The number of carbonyl (C=O) groups is 2. The number of halogens is 1. The highest BCUT2D eigenvalue weighted by Gasteiger charge is 2.09. The maximum Gasteiger partial charge on any atom is 0.338 e. The first-order valence-corrected chi connectivity index (χ1v) is 5.23. The first-order chi connectivity index (χ1) is 7.49. The Kier molecular flexibility index (Phi) is 4.30. The monoisotopic (exact) mass is 287 g/mol. The Morgan fingerprint density at radius 2 is 2.06 bits per heavy atom. The van der Waals surface area contributed by atoms with Crippen LogP contribution in [0.2, 0.25) is 0 Å². The Balaban J connectivity index is 2.62. The lowest BCUT2D eigenvalue weighted by atomic mass is 10.2. The van der Waals surface area contributed by atoms with Crippen molar-refractivity contribution in [2.45, 2.75) is 6.42 Å². The van der Waals surface area contributed by atoms with Crippen LogP contribution in [0.5, 0.6) is 0 Å². The van der Waals surface area contributed by atoms with Crippen LogP contribution in [0.1, 0.15) is 16.8 Å². The molecule has 6 heteroatoms. The summed E-state index contributed by atoms with van der Waals surface area (Å²) in [6, 6.07) is 4.67. The third kappa shape index (κ3) is 3.90. The van der Waals surface area contributed by atoms with Gasteiger partial charge in [-0.2, -0.15) is 0 Å². The van der Waals surface area contributed by atoms with Crippen LogP contribution in [0.3, 0.4) is 0 Å². The number of carboxylic acid groups (broad SMARTS) is 1. The fourth-order valence-corrected chi connectivity index (χ4v) is 1.56. The van der Waals surface area contributed by atoms with Gasteiger partial charge in [-0.3, -0.25) is 4.79 Å². The summed E-state index contributed by atoms with van der Waals surface area (Å²) < 4.78 is 5.42. The molecular formula is C10H10BrNO4. The molecular weight excluding hydrogens is 278 g/mol. The lowest BCUT2D eigenvalue weighted by molar-refractivity contribution is -0.137. The van der Waals surface area contributed by atoms with E-state index >= 15 is 0 Å². The molecule has 0 amide bonds. The number of ether oxygens (including phenoxy) is 1. The van der Waals surface area contributed by atoms with Crippen LogP contribution < -0.4 is 5.73 Å². The number of hydrogen-bond acceptors (Lipinski definition) is 4. The fourth-order valence-electron chi connectivity index (χ4n) is 1.04. The second-order valence-corrected chi connectivity index (χ2v) is 3.97. The molecule has 0 spiro atoms. The summed E-state index contributed by atoms with van der Waals surface area (Å²) in [5, 5.41) is 8.37. The molecule has 3 N–H and O–H groups in total. The average Bonchev–Trinajstić information content (AvgIpc) is 2.15. The van der Waals surface area contributed by atoms with E-state index in [2.05, 4.69) is 15.9 Å². The van der Waals surface area contributed by atoms with E-state index in [1.807, 2.05) is 0 Å². The third-order valence-electron chi connectivity index (χ3n) is 1.70. The molecule has 0 bridgehead atoms. The van der Waals surface area contributed by atoms with Gasteiger partial charge >= 0.3 is 11.9 Å². The number of esters is 1. The van der Waals surface area contributed by atoms with Gasteiger partial charge in [-0.05, 0) is 18.2 Å². The summed E-state index contributed by atoms with van der Waals surface area (Å²) in [4.78, 5) is 21.6. The minimum Gasteiger partial charge on any atom is -0.481 e. The number of benzene rings is 1. The van der Waals surface area contributed by atoms with E-state index in [9.17, 15) is 9.59 Å². The van der Waals surface area contributed by atoms with Crippen molar-refractivity contribution in [2.24, 2.45) is 0 Å². The molecule has 0 saturated heterocycles. The molecule has 16 heavy (non-hydrogen) atoms. The van der Waals surface area contributed by atoms with Crippen LogP contribution in [0.15, 0.2) is 22.7 Å². The molecule has 1 aromatic carbocycles. The second-order valence-electron chi connectivity index (χ2n) is 3.05.